The molecule has 9 heteroatoms. The first-order valence-corrected chi connectivity index (χ1v) is 8.65. The summed E-state index contributed by atoms with van der Waals surface area (Å²) < 4.78 is 5.30. The summed E-state index contributed by atoms with van der Waals surface area (Å²) >= 11 is 5.16. The molecule has 8 nitrogen and oxygen atoms in total. The Bertz CT molecular complexity index is 632. The number of morpholine rings is 1. The van der Waals surface area contributed by atoms with Crippen LogP contribution in [0.2, 0.25) is 0 Å². The summed E-state index contributed by atoms with van der Waals surface area (Å²) in [5.74, 6) is 0. The van der Waals surface area contributed by atoms with Gasteiger partial charge in [-0.2, -0.15) is 5.10 Å². The predicted octanol–water partition coefficient (Wildman–Crippen LogP) is 1.29. The topological polar surface area (TPSA) is 92.0 Å². The molecule has 0 aromatic heterocycles. The molecule has 1 aromatic rings. The van der Waals surface area contributed by atoms with Crippen molar-refractivity contribution in [1.82, 2.24) is 15.6 Å². The Morgan fingerprint density at radius 3 is 2.92 bits per heavy atom. The maximum Gasteiger partial charge on any atom is 0.273 e. The lowest BCUT2D eigenvalue weighted by atomic mass is 10.1. The van der Waals surface area contributed by atoms with E-state index in [0.717, 1.165) is 39.4 Å². The van der Waals surface area contributed by atoms with E-state index in [-0.39, 0.29) is 10.6 Å². The van der Waals surface area contributed by atoms with Crippen LogP contribution >= 0.6 is 12.2 Å². The summed E-state index contributed by atoms with van der Waals surface area (Å²) in [7, 11) is 0. The molecule has 2 N–H and O–H groups in total. The number of hydrogen-bond donors (Lipinski definition) is 2. The van der Waals surface area contributed by atoms with Crippen LogP contribution < -0.4 is 10.7 Å². The van der Waals surface area contributed by atoms with E-state index in [1.807, 2.05) is 6.92 Å². The second kappa shape index (κ2) is 10.0. The van der Waals surface area contributed by atoms with Gasteiger partial charge < -0.3 is 10.1 Å². The highest BCUT2D eigenvalue weighted by atomic mass is 32.1. The third-order valence-corrected chi connectivity index (χ3v) is 4.12. The minimum atomic E-state index is -0.374. The minimum Gasteiger partial charge on any atom is -0.379 e. The molecular weight excluding hydrogens is 342 g/mol. The van der Waals surface area contributed by atoms with E-state index in [9.17, 15) is 10.1 Å². The van der Waals surface area contributed by atoms with Gasteiger partial charge in [0.05, 0.1) is 24.4 Å². The number of nitrogens with zero attached hydrogens (tertiary/aromatic N) is 3. The highest BCUT2D eigenvalue weighted by Gasteiger charge is 2.12. The normalized spacial score (nSPS) is 15.2. The van der Waals surface area contributed by atoms with E-state index in [1.165, 1.54) is 12.3 Å². The number of rotatable bonds is 7. The van der Waals surface area contributed by atoms with Gasteiger partial charge in [-0.05, 0) is 18.6 Å². The number of ether oxygens (including phenoxy) is 1. The zero-order chi connectivity index (χ0) is 18.1. The summed E-state index contributed by atoms with van der Waals surface area (Å²) in [6.45, 7) is 6.92. The Hall–Kier alpha value is -2.10. The van der Waals surface area contributed by atoms with Gasteiger partial charge >= 0.3 is 0 Å². The van der Waals surface area contributed by atoms with Crippen LogP contribution in [0, 0.1) is 10.1 Å². The lowest BCUT2D eigenvalue weighted by molar-refractivity contribution is -0.385. The number of aryl methyl sites for hydroxylation is 1. The highest BCUT2D eigenvalue weighted by molar-refractivity contribution is 7.80. The van der Waals surface area contributed by atoms with Gasteiger partial charge in [0.1, 0.15) is 0 Å². The Kier molecular flexibility index (Phi) is 7.71. The SMILES string of the molecule is CCc1ccc(/C=N\NC(=S)NCCN2CCOCC2)cc1[N+](=O)[O-]. The molecule has 1 heterocycles. The van der Waals surface area contributed by atoms with Crippen molar-refractivity contribution in [2.45, 2.75) is 13.3 Å². The zero-order valence-electron chi connectivity index (χ0n) is 14.2. The van der Waals surface area contributed by atoms with Gasteiger partial charge in [-0.25, -0.2) is 0 Å². The van der Waals surface area contributed by atoms with Crippen molar-refractivity contribution in [3.8, 4) is 0 Å². The van der Waals surface area contributed by atoms with Gasteiger partial charge in [0.25, 0.3) is 5.69 Å². The van der Waals surface area contributed by atoms with Crippen LogP contribution in [0.15, 0.2) is 23.3 Å². The third kappa shape index (κ3) is 6.37. The van der Waals surface area contributed by atoms with Crippen molar-refractivity contribution in [2.24, 2.45) is 5.10 Å². The lowest BCUT2D eigenvalue weighted by Gasteiger charge is -2.26. The fourth-order valence-electron chi connectivity index (χ4n) is 2.49. The first-order valence-electron chi connectivity index (χ1n) is 8.24. The quantitative estimate of drug-likeness (QED) is 0.325. The fraction of sp³-hybridized carbons (Fsp3) is 0.500. The van der Waals surface area contributed by atoms with Gasteiger partial charge in [-0.3, -0.25) is 20.4 Å². The molecule has 0 spiro atoms. The Labute approximate surface area is 152 Å². The molecule has 136 valence electrons. The third-order valence-electron chi connectivity index (χ3n) is 3.88. The van der Waals surface area contributed by atoms with Crippen molar-refractivity contribution in [2.75, 3.05) is 39.4 Å². The summed E-state index contributed by atoms with van der Waals surface area (Å²) in [4.78, 5) is 13.0. The number of hydrogen-bond acceptors (Lipinski definition) is 6. The summed E-state index contributed by atoms with van der Waals surface area (Å²) in [5.41, 5.74) is 4.18. The molecule has 0 aliphatic carbocycles. The van der Waals surface area contributed by atoms with Crippen LogP contribution in [0.5, 0.6) is 0 Å². The van der Waals surface area contributed by atoms with Crippen molar-refractivity contribution >= 4 is 29.2 Å². The van der Waals surface area contributed by atoms with Crippen LogP contribution in [-0.4, -0.2) is 60.5 Å². The van der Waals surface area contributed by atoms with Gasteiger partial charge in [0, 0.05) is 43.4 Å². The molecule has 1 saturated heterocycles. The van der Waals surface area contributed by atoms with Crippen molar-refractivity contribution in [3.63, 3.8) is 0 Å². The first kappa shape index (κ1) is 19.2. The summed E-state index contributed by atoms with van der Waals surface area (Å²) in [6, 6.07) is 5.06. The van der Waals surface area contributed by atoms with E-state index in [0.29, 0.717) is 22.7 Å². The Morgan fingerprint density at radius 1 is 1.48 bits per heavy atom. The minimum absolute atomic E-state index is 0.109. The number of nitro groups is 1. The standard InChI is InChI=1S/C16H23N5O3S/c1-2-14-4-3-13(11-15(14)21(22)23)12-18-19-16(25)17-5-6-20-7-9-24-10-8-20/h3-4,11-12H,2,5-10H2,1H3,(H2,17,19,25)/b18-12-. The molecule has 25 heavy (non-hydrogen) atoms. The van der Waals surface area contributed by atoms with E-state index < -0.39 is 0 Å². The van der Waals surface area contributed by atoms with Gasteiger partial charge in [-0.15, -0.1) is 0 Å². The monoisotopic (exact) mass is 365 g/mol. The molecule has 0 bridgehead atoms. The molecular formula is C16H23N5O3S. The van der Waals surface area contributed by atoms with Gasteiger partial charge in [0.2, 0.25) is 0 Å². The van der Waals surface area contributed by atoms with E-state index in [2.05, 4.69) is 20.7 Å². The molecule has 1 aromatic carbocycles. The van der Waals surface area contributed by atoms with Crippen molar-refractivity contribution in [3.05, 3.63) is 39.4 Å². The molecule has 0 saturated carbocycles. The molecule has 1 aliphatic heterocycles. The summed E-state index contributed by atoms with van der Waals surface area (Å²) in [5, 5.41) is 18.6. The predicted molar refractivity (Wildman–Crippen MR) is 101 cm³/mol. The zero-order valence-corrected chi connectivity index (χ0v) is 15.1. The van der Waals surface area contributed by atoms with Crippen LogP contribution in [0.4, 0.5) is 5.69 Å². The second-order valence-electron chi connectivity index (χ2n) is 5.58. The Balaban J connectivity index is 1.76. The number of nitrogens with one attached hydrogen (secondary N) is 2. The number of benzene rings is 1. The number of thiocarbonyl (C=S) groups is 1. The number of hydrazone groups is 1. The number of nitro benzene ring substituents is 1. The molecule has 0 radical (unpaired) electrons. The summed E-state index contributed by atoms with van der Waals surface area (Å²) in [6.07, 6.45) is 2.13. The van der Waals surface area contributed by atoms with Crippen molar-refractivity contribution < 1.29 is 9.66 Å². The average Bonchev–Trinajstić information content (AvgIpc) is 2.62. The second-order valence-corrected chi connectivity index (χ2v) is 5.99. The van der Waals surface area contributed by atoms with Crippen molar-refractivity contribution in [1.29, 1.82) is 0 Å². The molecule has 1 fully saturated rings. The largest absolute Gasteiger partial charge is 0.379 e. The van der Waals surface area contributed by atoms with Crippen LogP contribution in [0.3, 0.4) is 0 Å². The Morgan fingerprint density at radius 2 is 2.24 bits per heavy atom. The van der Waals surface area contributed by atoms with E-state index in [1.54, 1.807) is 12.1 Å². The van der Waals surface area contributed by atoms with Gasteiger partial charge in [-0.1, -0.05) is 19.1 Å². The van der Waals surface area contributed by atoms with Crippen LogP contribution in [0.1, 0.15) is 18.1 Å². The van der Waals surface area contributed by atoms with Crippen LogP contribution in [-0.2, 0) is 11.2 Å². The van der Waals surface area contributed by atoms with Crippen LogP contribution in [0.25, 0.3) is 0 Å². The lowest BCUT2D eigenvalue weighted by Crippen LogP contribution is -2.42. The first-order chi connectivity index (χ1) is 12.1. The van der Waals surface area contributed by atoms with Gasteiger partial charge in [0.15, 0.2) is 5.11 Å². The maximum atomic E-state index is 11.1. The molecule has 0 amide bonds. The molecule has 0 atom stereocenters. The smallest absolute Gasteiger partial charge is 0.273 e. The maximum absolute atomic E-state index is 11.1. The average molecular weight is 365 g/mol. The molecule has 1 aliphatic rings. The molecule has 2 rings (SSSR count). The fourth-order valence-corrected chi connectivity index (χ4v) is 2.64. The highest BCUT2D eigenvalue weighted by Crippen LogP contribution is 2.19. The van der Waals surface area contributed by atoms with E-state index >= 15 is 0 Å². The molecule has 0 unspecified atom stereocenters. The van der Waals surface area contributed by atoms with E-state index in [4.69, 9.17) is 17.0 Å².